The number of anilines is 1. The molecule has 5 nitrogen and oxygen atoms in total. The van der Waals surface area contributed by atoms with E-state index in [0.29, 0.717) is 0 Å². The molecule has 0 radical (unpaired) electrons. The van der Waals surface area contributed by atoms with Crippen molar-refractivity contribution in [2.75, 3.05) is 4.72 Å². The number of nitrogens with zero attached hydrogens (tertiary/aromatic N) is 2. The van der Waals surface area contributed by atoms with Crippen LogP contribution in [-0.2, 0) is 10.0 Å². The standard InChI is InChI=1S/C17H15N3O2S2/c1-13-5-7-14(8-6-13)23-17-10-9-15(12-19-17)24(21,22)20-16-4-2-3-11-18-16/h2-12H,1H3,(H,18,20). The first kappa shape index (κ1) is 16.5. The molecule has 1 aromatic carbocycles. The summed E-state index contributed by atoms with van der Waals surface area (Å²) in [4.78, 5) is 9.33. The van der Waals surface area contributed by atoms with Gasteiger partial charge in [-0.25, -0.2) is 18.4 Å². The fourth-order valence-electron chi connectivity index (χ4n) is 1.93. The van der Waals surface area contributed by atoms with E-state index in [2.05, 4.69) is 14.7 Å². The molecule has 0 aliphatic rings. The van der Waals surface area contributed by atoms with Gasteiger partial charge in [0.05, 0.1) is 0 Å². The van der Waals surface area contributed by atoms with Crippen LogP contribution in [0.5, 0.6) is 0 Å². The normalized spacial score (nSPS) is 11.2. The molecule has 0 atom stereocenters. The molecule has 7 heteroatoms. The maximum absolute atomic E-state index is 12.3. The number of aryl methyl sites for hydroxylation is 1. The van der Waals surface area contributed by atoms with E-state index in [1.54, 1.807) is 24.3 Å². The highest BCUT2D eigenvalue weighted by molar-refractivity contribution is 7.99. The SMILES string of the molecule is Cc1ccc(Sc2ccc(S(=O)(=O)Nc3ccccn3)cn2)cc1. The molecule has 24 heavy (non-hydrogen) atoms. The van der Waals surface area contributed by atoms with Crippen molar-refractivity contribution >= 4 is 27.6 Å². The van der Waals surface area contributed by atoms with E-state index in [0.717, 1.165) is 9.92 Å². The van der Waals surface area contributed by atoms with Gasteiger partial charge in [-0.3, -0.25) is 4.72 Å². The minimum Gasteiger partial charge on any atom is -0.263 e. The molecule has 3 rings (SSSR count). The lowest BCUT2D eigenvalue weighted by atomic mass is 10.2. The van der Waals surface area contributed by atoms with Gasteiger partial charge in [0.2, 0.25) is 0 Å². The highest BCUT2D eigenvalue weighted by Crippen LogP contribution is 2.26. The number of aromatic nitrogens is 2. The third-order valence-corrected chi connectivity index (χ3v) is 5.47. The summed E-state index contributed by atoms with van der Waals surface area (Å²) in [5.74, 6) is 0.274. The maximum Gasteiger partial charge on any atom is 0.264 e. The first-order chi connectivity index (χ1) is 11.5. The topological polar surface area (TPSA) is 72.0 Å². The molecular weight excluding hydrogens is 342 g/mol. The van der Waals surface area contributed by atoms with Crippen molar-refractivity contribution < 1.29 is 8.42 Å². The van der Waals surface area contributed by atoms with Crippen molar-refractivity contribution in [3.8, 4) is 0 Å². The van der Waals surface area contributed by atoms with Crippen LogP contribution in [0.4, 0.5) is 5.82 Å². The Balaban J connectivity index is 1.75. The number of sulfonamides is 1. The number of benzene rings is 1. The maximum atomic E-state index is 12.3. The van der Waals surface area contributed by atoms with Gasteiger partial charge in [0.15, 0.2) is 0 Å². The largest absolute Gasteiger partial charge is 0.264 e. The Morgan fingerprint density at radius 1 is 0.958 bits per heavy atom. The summed E-state index contributed by atoms with van der Waals surface area (Å²) in [6.07, 6.45) is 2.87. The van der Waals surface area contributed by atoms with Crippen LogP contribution in [0, 0.1) is 6.92 Å². The van der Waals surface area contributed by atoms with Crippen molar-refractivity contribution in [2.24, 2.45) is 0 Å². The molecule has 0 saturated heterocycles. The van der Waals surface area contributed by atoms with Gasteiger partial charge in [-0.1, -0.05) is 35.5 Å². The molecule has 0 saturated carbocycles. The van der Waals surface area contributed by atoms with Crippen molar-refractivity contribution in [3.63, 3.8) is 0 Å². The van der Waals surface area contributed by atoms with Crippen LogP contribution < -0.4 is 4.72 Å². The lowest BCUT2D eigenvalue weighted by Crippen LogP contribution is -2.14. The molecular formula is C17H15N3O2S2. The molecule has 0 aliphatic carbocycles. The van der Waals surface area contributed by atoms with E-state index in [1.807, 2.05) is 31.2 Å². The summed E-state index contributed by atoms with van der Waals surface area (Å²) >= 11 is 1.48. The molecule has 0 fully saturated rings. The zero-order valence-corrected chi connectivity index (χ0v) is 14.5. The van der Waals surface area contributed by atoms with Crippen molar-refractivity contribution in [3.05, 3.63) is 72.6 Å². The minimum absolute atomic E-state index is 0.0985. The van der Waals surface area contributed by atoms with Gasteiger partial charge in [-0.15, -0.1) is 0 Å². The summed E-state index contributed by atoms with van der Waals surface area (Å²) < 4.78 is 27.0. The Morgan fingerprint density at radius 2 is 1.75 bits per heavy atom. The zero-order chi connectivity index (χ0) is 17.0. The molecule has 2 heterocycles. The van der Waals surface area contributed by atoms with Crippen molar-refractivity contribution in [1.29, 1.82) is 0 Å². The Labute approximate surface area is 145 Å². The molecule has 0 unspecified atom stereocenters. The van der Waals surface area contributed by atoms with Crippen LogP contribution in [0.2, 0.25) is 0 Å². The number of nitrogens with one attached hydrogen (secondary N) is 1. The number of hydrogen-bond donors (Lipinski definition) is 1. The first-order valence-electron chi connectivity index (χ1n) is 7.17. The van der Waals surface area contributed by atoms with Crippen LogP contribution >= 0.6 is 11.8 Å². The quantitative estimate of drug-likeness (QED) is 0.753. The Bertz CT molecular complexity index is 910. The summed E-state index contributed by atoms with van der Waals surface area (Å²) in [5.41, 5.74) is 1.19. The van der Waals surface area contributed by atoms with E-state index in [1.165, 1.54) is 35.8 Å². The van der Waals surface area contributed by atoms with Gasteiger partial charge >= 0.3 is 0 Å². The summed E-state index contributed by atoms with van der Waals surface area (Å²) in [6.45, 7) is 2.03. The molecule has 2 aromatic heterocycles. The number of rotatable bonds is 5. The molecule has 0 amide bonds. The van der Waals surface area contributed by atoms with Gasteiger partial charge in [0, 0.05) is 17.3 Å². The highest BCUT2D eigenvalue weighted by atomic mass is 32.2. The predicted octanol–water partition coefficient (Wildman–Crippen LogP) is 3.74. The molecule has 0 spiro atoms. The van der Waals surface area contributed by atoms with Gasteiger partial charge in [-0.05, 0) is 43.3 Å². The molecule has 3 aromatic rings. The van der Waals surface area contributed by atoms with E-state index in [4.69, 9.17) is 0 Å². The van der Waals surface area contributed by atoms with Crippen molar-refractivity contribution in [1.82, 2.24) is 9.97 Å². The molecule has 1 N–H and O–H groups in total. The molecule has 122 valence electrons. The smallest absolute Gasteiger partial charge is 0.263 e. The lowest BCUT2D eigenvalue weighted by Gasteiger charge is -2.07. The second-order valence-electron chi connectivity index (χ2n) is 5.07. The Kier molecular flexibility index (Phi) is 4.82. The van der Waals surface area contributed by atoms with Crippen LogP contribution in [0.1, 0.15) is 5.56 Å². The van der Waals surface area contributed by atoms with E-state index in [9.17, 15) is 8.42 Å². The minimum atomic E-state index is -3.69. The molecule has 0 bridgehead atoms. The van der Waals surface area contributed by atoms with Crippen LogP contribution in [-0.4, -0.2) is 18.4 Å². The second-order valence-corrected chi connectivity index (χ2v) is 7.84. The zero-order valence-electron chi connectivity index (χ0n) is 12.9. The van der Waals surface area contributed by atoms with Gasteiger partial charge < -0.3 is 0 Å². The van der Waals surface area contributed by atoms with Gasteiger partial charge in [0.1, 0.15) is 15.7 Å². The van der Waals surface area contributed by atoms with E-state index < -0.39 is 10.0 Å². The van der Waals surface area contributed by atoms with Crippen LogP contribution in [0.3, 0.4) is 0 Å². The van der Waals surface area contributed by atoms with E-state index in [-0.39, 0.29) is 10.7 Å². The number of pyridine rings is 2. The molecule has 0 aliphatic heterocycles. The average molecular weight is 357 g/mol. The summed E-state index contributed by atoms with van der Waals surface area (Å²) in [5, 5.41) is 0.732. The van der Waals surface area contributed by atoms with Gasteiger partial charge in [0.25, 0.3) is 10.0 Å². The summed E-state index contributed by atoms with van der Waals surface area (Å²) in [6, 6.07) is 16.3. The van der Waals surface area contributed by atoms with Crippen LogP contribution in [0.15, 0.2) is 81.8 Å². The average Bonchev–Trinajstić information content (AvgIpc) is 2.58. The fourth-order valence-corrected chi connectivity index (χ4v) is 3.64. The van der Waals surface area contributed by atoms with E-state index >= 15 is 0 Å². The highest BCUT2D eigenvalue weighted by Gasteiger charge is 2.15. The predicted molar refractivity (Wildman–Crippen MR) is 94.6 cm³/mol. The number of hydrogen-bond acceptors (Lipinski definition) is 5. The third kappa shape index (κ3) is 4.12. The Hall–Kier alpha value is -2.38. The van der Waals surface area contributed by atoms with Crippen LogP contribution in [0.25, 0.3) is 0 Å². The second kappa shape index (κ2) is 7.02. The first-order valence-corrected chi connectivity index (χ1v) is 9.47. The Morgan fingerprint density at radius 3 is 2.38 bits per heavy atom. The lowest BCUT2D eigenvalue weighted by molar-refractivity contribution is 0.600. The third-order valence-electron chi connectivity index (χ3n) is 3.17. The van der Waals surface area contributed by atoms with Crippen molar-refractivity contribution in [2.45, 2.75) is 21.7 Å². The monoisotopic (exact) mass is 357 g/mol. The van der Waals surface area contributed by atoms with Gasteiger partial charge in [-0.2, -0.15) is 0 Å². The fraction of sp³-hybridized carbons (Fsp3) is 0.0588. The summed E-state index contributed by atoms with van der Waals surface area (Å²) in [7, 11) is -3.69.